The molecule has 1 fully saturated rings. The first-order valence-electron chi connectivity index (χ1n) is 7.46. The summed E-state index contributed by atoms with van der Waals surface area (Å²) in [5.41, 5.74) is 1.10. The number of pyridine rings is 1. The van der Waals surface area contributed by atoms with Crippen LogP contribution in [0, 0.1) is 5.82 Å². The minimum atomic E-state index is -0.340. The van der Waals surface area contributed by atoms with Gasteiger partial charge in [-0.3, -0.25) is 9.59 Å². The van der Waals surface area contributed by atoms with Crippen LogP contribution in [0.25, 0.3) is 0 Å². The maximum absolute atomic E-state index is 12.9. The molecular formula is C17H15ClFN3O2. The summed E-state index contributed by atoms with van der Waals surface area (Å²) in [7, 11) is 0. The van der Waals surface area contributed by atoms with Crippen LogP contribution in [0.4, 0.5) is 4.39 Å². The molecule has 2 heterocycles. The molecule has 0 saturated carbocycles. The molecule has 0 bridgehead atoms. The van der Waals surface area contributed by atoms with Gasteiger partial charge >= 0.3 is 0 Å². The number of carbonyl (C=O) groups is 2. The van der Waals surface area contributed by atoms with Crippen molar-refractivity contribution in [3.05, 3.63) is 64.7 Å². The van der Waals surface area contributed by atoms with E-state index >= 15 is 0 Å². The van der Waals surface area contributed by atoms with Crippen LogP contribution in [0.1, 0.15) is 22.5 Å². The van der Waals surface area contributed by atoms with Gasteiger partial charge in [0.05, 0.1) is 11.1 Å². The lowest BCUT2D eigenvalue weighted by Gasteiger charge is -2.17. The normalized spacial score (nSPS) is 17.2. The summed E-state index contributed by atoms with van der Waals surface area (Å²) in [4.78, 5) is 29.8. The lowest BCUT2D eigenvalue weighted by Crippen LogP contribution is -2.37. The van der Waals surface area contributed by atoms with Crippen LogP contribution in [0.5, 0.6) is 0 Å². The van der Waals surface area contributed by atoms with Crippen molar-refractivity contribution in [3.63, 3.8) is 0 Å². The number of halogens is 2. The number of amides is 2. The van der Waals surface area contributed by atoms with E-state index in [0.29, 0.717) is 18.1 Å². The van der Waals surface area contributed by atoms with Gasteiger partial charge < -0.3 is 10.2 Å². The second-order valence-corrected chi connectivity index (χ2v) is 6.07. The second-order valence-electron chi connectivity index (χ2n) is 5.64. The Morgan fingerprint density at radius 1 is 1.29 bits per heavy atom. The van der Waals surface area contributed by atoms with Gasteiger partial charge in [0.25, 0.3) is 5.91 Å². The molecule has 1 aromatic carbocycles. The Hall–Kier alpha value is -2.47. The van der Waals surface area contributed by atoms with Gasteiger partial charge in [-0.05, 0) is 29.8 Å². The van der Waals surface area contributed by atoms with Crippen LogP contribution in [-0.2, 0) is 11.3 Å². The summed E-state index contributed by atoms with van der Waals surface area (Å²) in [6.07, 6.45) is 1.64. The van der Waals surface area contributed by atoms with Gasteiger partial charge in [-0.15, -0.1) is 0 Å². The van der Waals surface area contributed by atoms with Gasteiger partial charge in [0, 0.05) is 25.7 Å². The van der Waals surface area contributed by atoms with Crippen molar-refractivity contribution < 1.29 is 14.0 Å². The van der Waals surface area contributed by atoms with Gasteiger partial charge in [-0.1, -0.05) is 23.7 Å². The van der Waals surface area contributed by atoms with Crippen LogP contribution < -0.4 is 5.32 Å². The van der Waals surface area contributed by atoms with Gasteiger partial charge in [0.15, 0.2) is 0 Å². The number of nitrogens with one attached hydrogen (secondary N) is 1. The summed E-state index contributed by atoms with van der Waals surface area (Å²) < 4.78 is 12.9. The molecule has 2 amide bonds. The van der Waals surface area contributed by atoms with Gasteiger partial charge in [-0.2, -0.15) is 0 Å². The lowest BCUT2D eigenvalue weighted by molar-refractivity contribution is -0.128. The fraction of sp³-hybridized carbons (Fsp3) is 0.235. The Kier molecular flexibility index (Phi) is 4.76. The summed E-state index contributed by atoms with van der Waals surface area (Å²) in [6, 6.07) is 8.86. The molecule has 24 heavy (non-hydrogen) atoms. The number of hydrogen-bond donors (Lipinski definition) is 1. The van der Waals surface area contributed by atoms with Crippen molar-refractivity contribution in [1.82, 2.24) is 15.2 Å². The quantitative estimate of drug-likeness (QED) is 0.923. The Balaban J connectivity index is 1.59. The molecule has 1 aliphatic heterocycles. The lowest BCUT2D eigenvalue weighted by atomic mass is 10.2. The summed E-state index contributed by atoms with van der Waals surface area (Å²) >= 11 is 5.74. The van der Waals surface area contributed by atoms with Crippen molar-refractivity contribution in [2.24, 2.45) is 0 Å². The van der Waals surface area contributed by atoms with Gasteiger partial charge in [-0.25, -0.2) is 9.37 Å². The van der Waals surface area contributed by atoms with Crippen LogP contribution in [0.3, 0.4) is 0 Å². The SMILES string of the molecule is O=C(N[C@@H]1CC(=O)N(Cc2ccc(F)cc2)C1)c1ccc(Cl)cn1. The number of likely N-dealkylation sites (tertiary alicyclic amines) is 1. The number of carbonyl (C=O) groups excluding carboxylic acids is 2. The first kappa shape index (κ1) is 16.4. The molecule has 1 saturated heterocycles. The van der Waals surface area contributed by atoms with E-state index in [1.807, 2.05) is 0 Å². The summed E-state index contributed by atoms with van der Waals surface area (Å²) in [5.74, 6) is -0.700. The fourth-order valence-electron chi connectivity index (χ4n) is 2.60. The van der Waals surface area contributed by atoms with Crippen LogP contribution >= 0.6 is 11.6 Å². The van der Waals surface area contributed by atoms with E-state index in [0.717, 1.165) is 5.56 Å². The summed E-state index contributed by atoms with van der Waals surface area (Å²) in [5, 5.41) is 3.25. The van der Waals surface area contributed by atoms with E-state index in [4.69, 9.17) is 11.6 Å². The number of rotatable bonds is 4. The topological polar surface area (TPSA) is 62.3 Å². The molecule has 3 rings (SSSR count). The molecule has 1 aliphatic rings. The molecule has 7 heteroatoms. The molecule has 0 unspecified atom stereocenters. The highest BCUT2D eigenvalue weighted by molar-refractivity contribution is 6.30. The number of nitrogens with zero attached hydrogens (tertiary/aromatic N) is 2. The van der Waals surface area contributed by atoms with E-state index < -0.39 is 0 Å². The van der Waals surface area contributed by atoms with E-state index in [1.54, 1.807) is 23.1 Å². The smallest absolute Gasteiger partial charge is 0.270 e. The molecule has 2 aromatic rings. The molecule has 0 aliphatic carbocycles. The number of hydrogen-bond acceptors (Lipinski definition) is 3. The molecular weight excluding hydrogens is 333 g/mol. The predicted molar refractivity (Wildman–Crippen MR) is 86.9 cm³/mol. The second kappa shape index (κ2) is 6.97. The van der Waals surface area contributed by atoms with Crippen LogP contribution in [-0.4, -0.2) is 34.3 Å². The maximum Gasteiger partial charge on any atom is 0.270 e. The molecule has 1 atom stereocenters. The third-order valence-corrected chi connectivity index (χ3v) is 4.02. The molecule has 1 N–H and O–H groups in total. The zero-order chi connectivity index (χ0) is 17.1. The van der Waals surface area contributed by atoms with Gasteiger partial charge in [0.1, 0.15) is 11.5 Å². The first-order valence-corrected chi connectivity index (χ1v) is 7.84. The molecule has 0 radical (unpaired) electrons. The third kappa shape index (κ3) is 3.89. The van der Waals surface area contributed by atoms with E-state index in [-0.39, 0.29) is 35.8 Å². The van der Waals surface area contributed by atoms with Crippen molar-refractivity contribution in [1.29, 1.82) is 0 Å². The fourth-order valence-corrected chi connectivity index (χ4v) is 2.71. The van der Waals surface area contributed by atoms with E-state index in [1.165, 1.54) is 24.4 Å². The molecule has 5 nitrogen and oxygen atoms in total. The number of aromatic nitrogens is 1. The maximum atomic E-state index is 12.9. The zero-order valence-electron chi connectivity index (χ0n) is 12.7. The van der Waals surface area contributed by atoms with Gasteiger partial charge in [0.2, 0.25) is 5.91 Å². The predicted octanol–water partition coefficient (Wildman–Crippen LogP) is 2.41. The molecule has 0 spiro atoms. The van der Waals surface area contributed by atoms with E-state index in [2.05, 4.69) is 10.3 Å². The highest BCUT2D eigenvalue weighted by atomic mass is 35.5. The zero-order valence-corrected chi connectivity index (χ0v) is 13.5. The Labute approximate surface area is 143 Å². The number of benzene rings is 1. The van der Waals surface area contributed by atoms with Crippen molar-refractivity contribution >= 4 is 23.4 Å². The Morgan fingerprint density at radius 2 is 2.04 bits per heavy atom. The first-order chi connectivity index (χ1) is 11.5. The largest absolute Gasteiger partial charge is 0.346 e. The Bertz CT molecular complexity index is 749. The van der Waals surface area contributed by atoms with Crippen molar-refractivity contribution in [2.45, 2.75) is 19.0 Å². The average molecular weight is 348 g/mol. The minimum absolute atomic E-state index is 0.0475. The highest BCUT2D eigenvalue weighted by Crippen LogP contribution is 2.16. The van der Waals surface area contributed by atoms with Crippen molar-refractivity contribution in [3.8, 4) is 0 Å². The van der Waals surface area contributed by atoms with Crippen molar-refractivity contribution in [2.75, 3.05) is 6.54 Å². The minimum Gasteiger partial charge on any atom is -0.346 e. The van der Waals surface area contributed by atoms with Crippen LogP contribution in [0.15, 0.2) is 42.6 Å². The molecule has 1 aromatic heterocycles. The molecule has 124 valence electrons. The monoisotopic (exact) mass is 347 g/mol. The van der Waals surface area contributed by atoms with Crippen LogP contribution in [0.2, 0.25) is 5.02 Å². The highest BCUT2D eigenvalue weighted by Gasteiger charge is 2.30. The third-order valence-electron chi connectivity index (χ3n) is 3.80. The average Bonchev–Trinajstić information content (AvgIpc) is 2.89. The Morgan fingerprint density at radius 3 is 2.71 bits per heavy atom. The van der Waals surface area contributed by atoms with E-state index in [9.17, 15) is 14.0 Å². The summed E-state index contributed by atoms with van der Waals surface area (Å²) in [6.45, 7) is 0.806. The standard InChI is InChI=1S/C17H15ClFN3O2/c18-12-3-6-15(20-8-12)17(24)21-14-7-16(23)22(10-14)9-11-1-4-13(19)5-2-11/h1-6,8,14H,7,9-10H2,(H,21,24)/t14-/m1/s1.